The van der Waals surface area contributed by atoms with Crippen LogP contribution in [0.5, 0.6) is 23.0 Å². The van der Waals surface area contributed by atoms with Gasteiger partial charge in [0.05, 0.1) is 38.5 Å². The normalized spacial score (nSPS) is 16.6. The molecule has 3 aromatic carbocycles. The summed E-state index contributed by atoms with van der Waals surface area (Å²) < 4.78 is 16.1. The van der Waals surface area contributed by atoms with E-state index in [9.17, 15) is 19.8 Å². The average molecular weight is 504 g/mol. The molecule has 1 aliphatic rings. The molecule has 8 nitrogen and oxygen atoms in total. The first-order valence-electron chi connectivity index (χ1n) is 11.7. The van der Waals surface area contributed by atoms with Crippen LogP contribution in [0.2, 0.25) is 0 Å². The van der Waals surface area contributed by atoms with Gasteiger partial charge >= 0.3 is 0 Å². The zero-order chi connectivity index (χ0) is 26.7. The van der Waals surface area contributed by atoms with Crippen LogP contribution in [0, 0.1) is 6.92 Å². The Morgan fingerprint density at radius 1 is 0.865 bits per heavy atom. The van der Waals surface area contributed by atoms with Crippen LogP contribution in [-0.2, 0) is 16.0 Å². The largest absolute Gasteiger partial charge is 0.508 e. The number of ether oxygens (including phenoxy) is 3. The Hall–Kier alpha value is -4.46. The molecule has 3 aromatic rings. The van der Waals surface area contributed by atoms with E-state index in [0.29, 0.717) is 34.8 Å². The number of phenols is 1. The maximum atomic E-state index is 13.3. The lowest BCUT2D eigenvalue weighted by molar-refractivity contribution is -0.139. The Bertz CT molecular complexity index is 1360. The number of aliphatic hydroxyl groups excluding tert-OH is 1. The molecule has 2 N–H and O–H groups in total. The molecule has 0 aliphatic carbocycles. The summed E-state index contributed by atoms with van der Waals surface area (Å²) in [6.07, 6.45) is 0.426. The van der Waals surface area contributed by atoms with E-state index in [2.05, 4.69) is 0 Å². The molecule has 0 spiro atoms. The molecular weight excluding hydrogens is 474 g/mol. The van der Waals surface area contributed by atoms with Gasteiger partial charge in [0.1, 0.15) is 17.3 Å². The summed E-state index contributed by atoms with van der Waals surface area (Å²) in [7, 11) is 4.57. The van der Waals surface area contributed by atoms with Gasteiger partial charge in [-0.05, 0) is 60.9 Å². The fraction of sp³-hybridized carbons (Fsp3) is 0.241. The number of phenolic OH excluding ortho intramolecular Hbond substituents is 1. The summed E-state index contributed by atoms with van der Waals surface area (Å²) in [4.78, 5) is 28.0. The van der Waals surface area contributed by atoms with E-state index >= 15 is 0 Å². The molecule has 1 saturated heterocycles. The molecule has 192 valence electrons. The Morgan fingerprint density at radius 3 is 2.16 bits per heavy atom. The maximum Gasteiger partial charge on any atom is 0.295 e. The van der Waals surface area contributed by atoms with Crippen LogP contribution in [0.1, 0.15) is 28.3 Å². The van der Waals surface area contributed by atoms with E-state index in [1.165, 1.54) is 24.1 Å². The summed E-state index contributed by atoms with van der Waals surface area (Å²) in [5.74, 6) is -0.245. The van der Waals surface area contributed by atoms with Crippen molar-refractivity contribution >= 4 is 17.4 Å². The molecule has 0 saturated carbocycles. The first kappa shape index (κ1) is 25.6. The third-order valence-corrected chi connectivity index (χ3v) is 6.45. The Balaban J connectivity index is 1.78. The Morgan fingerprint density at radius 2 is 1.51 bits per heavy atom. The number of ketones is 1. The van der Waals surface area contributed by atoms with Crippen molar-refractivity contribution in [3.05, 3.63) is 88.5 Å². The van der Waals surface area contributed by atoms with Gasteiger partial charge in [-0.2, -0.15) is 0 Å². The lowest BCUT2D eigenvalue weighted by Gasteiger charge is -2.25. The quantitative estimate of drug-likeness (QED) is 0.267. The molecule has 1 amide bonds. The molecule has 1 heterocycles. The standard InChI is InChI=1S/C29H29NO7/c1-17-5-11-22(35-2)21(15-17)27(32)25-26(19-7-9-20(31)10-8-19)30(29(34)28(25)33)14-13-18-6-12-23(36-3)24(16-18)37-4/h5-12,15-16,26,31-32H,13-14H2,1-4H3/b27-25+. The summed E-state index contributed by atoms with van der Waals surface area (Å²) >= 11 is 0. The van der Waals surface area contributed by atoms with Crippen LogP contribution < -0.4 is 14.2 Å². The van der Waals surface area contributed by atoms with Crippen molar-refractivity contribution < 1.29 is 34.0 Å². The summed E-state index contributed by atoms with van der Waals surface area (Å²) in [6, 6.07) is 16.1. The van der Waals surface area contributed by atoms with Crippen molar-refractivity contribution in [1.82, 2.24) is 4.90 Å². The highest BCUT2D eigenvalue weighted by molar-refractivity contribution is 6.46. The predicted molar refractivity (Wildman–Crippen MR) is 138 cm³/mol. The van der Waals surface area contributed by atoms with E-state index in [1.807, 2.05) is 25.1 Å². The molecule has 1 unspecified atom stereocenters. The molecule has 0 bridgehead atoms. The van der Waals surface area contributed by atoms with Crippen molar-refractivity contribution in [2.75, 3.05) is 27.9 Å². The minimum absolute atomic E-state index is 0.0353. The average Bonchev–Trinajstić information content (AvgIpc) is 3.16. The van der Waals surface area contributed by atoms with E-state index < -0.39 is 17.7 Å². The number of hydrogen-bond acceptors (Lipinski definition) is 7. The second kappa shape index (κ2) is 10.7. The minimum Gasteiger partial charge on any atom is -0.508 e. The number of hydrogen-bond donors (Lipinski definition) is 2. The van der Waals surface area contributed by atoms with Gasteiger partial charge in [-0.25, -0.2) is 0 Å². The van der Waals surface area contributed by atoms with E-state index in [4.69, 9.17) is 14.2 Å². The Labute approximate surface area is 215 Å². The number of amides is 1. The molecule has 4 rings (SSSR count). The van der Waals surface area contributed by atoms with Gasteiger partial charge in [0.15, 0.2) is 11.5 Å². The van der Waals surface area contributed by atoms with Crippen LogP contribution in [-0.4, -0.2) is 54.7 Å². The topological polar surface area (TPSA) is 106 Å². The number of nitrogens with zero attached hydrogens (tertiary/aromatic N) is 1. The van der Waals surface area contributed by atoms with Gasteiger partial charge < -0.3 is 29.3 Å². The third-order valence-electron chi connectivity index (χ3n) is 6.45. The van der Waals surface area contributed by atoms with Crippen LogP contribution >= 0.6 is 0 Å². The fourth-order valence-electron chi connectivity index (χ4n) is 4.55. The van der Waals surface area contributed by atoms with Gasteiger partial charge in [0.2, 0.25) is 0 Å². The zero-order valence-electron chi connectivity index (χ0n) is 21.1. The van der Waals surface area contributed by atoms with E-state index in [-0.39, 0.29) is 23.6 Å². The van der Waals surface area contributed by atoms with Gasteiger partial charge in [0, 0.05) is 6.54 Å². The van der Waals surface area contributed by atoms with Crippen molar-refractivity contribution in [2.45, 2.75) is 19.4 Å². The van der Waals surface area contributed by atoms with Gasteiger partial charge in [-0.3, -0.25) is 9.59 Å². The molecular formula is C29H29NO7. The monoisotopic (exact) mass is 503 g/mol. The number of likely N-dealkylation sites (tertiary alicyclic amines) is 1. The Kier molecular flexibility index (Phi) is 7.38. The number of aromatic hydroxyl groups is 1. The second-order valence-electron chi connectivity index (χ2n) is 8.73. The highest BCUT2D eigenvalue weighted by Crippen LogP contribution is 2.41. The second-order valence-corrected chi connectivity index (χ2v) is 8.73. The van der Waals surface area contributed by atoms with Crippen molar-refractivity contribution in [2.24, 2.45) is 0 Å². The minimum atomic E-state index is -0.856. The molecule has 1 aliphatic heterocycles. The molecule has 0 aromatic heterocycles. The molecule has 8 heteroatoms. The number of aryl methyl sites for hydroxylation is 1. The fourth-order valence-corrected chi connectivity index (χ4v) is 4.55. The highest BCUT2D eigenvalue weighted by Gasteiger charge is 2.46. The van der Waals surface area contributed by atoms with E-state index in [0.717, 1.165) is 11.1 Å². The number of benzene rings is 3. The van der Waals surface area contributed by atoms with Crippen molar-refractivity contribution in [3.63, 3.8) is 0 Å². The molecule has 0 radical (unpaired) electrons. The number of aliphatic hydroxyl groups is 1. The van der Waals surface area contributed by atoms with Crippen molar-refractivity contribution in [1.29, 1.82) is 0 Å². The third kappa shape index (κ3) is 4.95. The summed E-state index contributed by atoms with van der Waals surface area (Å²) in [5, 5.41) is 21.2. The predicted octanol–water partition coefficient (Wildman–Crippen LogP) is 4.39. The van der Waals surface area contributed by atoms with Crippen LogP contribution in [0.15, 0.2) is 66.2 Å². The SMILES string of the molecule is COc1ccc(CCN2C(=O)C(=O)/C(=C(/O)c3cc(C)ccc3OC)C2c2ccc(O)cc2)cc1OC. The summed E-state index contributed by atoms with van der Waals surface area (Å²) in [5.41, 5.74) is 2.60. The number of carbonyl (C=O) groups is 2. The number of Topliss-reactive ketones (excluding diaryl/α,β-unsaturated/α-hetero) is 1. The maximum absolute atomic E-state index is 13.3. The highest BCUT2D eigenvalue weighted by atomic mass is 16.5. The van der Waals surface area contributed by atoms with E-state index in [1.54, 1.807) is 44.6 Å². The molecule has 37 heavy (non-hydrogen) atoms. The molecule has 1 atom stereocenters. The number of carbonyl (C=O) groups excluding carboxylic acids is 2. The van der Waals surface area contributed by atoms with Crippen LogP contribution in [0.4, 0.5) is 0 Å². The smallest absolute Gasteiger partial charge is 0.295 e. The number of methoxy groups -OCH3 is 3. The van der Waals surface area contributed by atoms with Crippen LogP contribution in [0.3, 0.4) is 0 Å². The van der Waals surface area contributed by atoms with Gasteiger partial charge in [0.25, 0.3) is 11.7 Å². The van der Waals surface area contributed by atoms with Crippen molar-refractivity contribution in [3.8, 4) is 23.0 Å². The summed E-state index contributed by atoms with van der Waals surface area (Å²) in [6.45, 7) is 2.06. The zero-order valence-corrected chi connectivity index (χ0v) is 21.1. The lowest BCUT2D eigenvalue weighted by Crippen LogP contribution is -2.31. The number of rotatable bonds is 8. The molecule has 1 fully saturated rings. The first-order chi connectivity index (χ1) is 17.8. The van der Waals surface area contributed by atoms with Gasteiger partial charge in [-0.1, -0.05) is 29.8 Å². The first-order valence-corrected chi connectivity index (χ1v) is 11.7. The van der Waals surface area contributed by atoms with Crippen LogP contribution in [0.25, 0.3) is 5.76 Å². The van der Waals surface area contributed by atoms with Gasteiger partial charge in [-0.15, -0.1) is 0 Å². The lowest BCUT2D eigenvalue weighted by atomic mass is 9.94.